The largest absolute Gasteiger partial charge is 0.298 e. The van der Waals surface area contributed by atoms with E-state index < -0.39 is 0 Å². The van der Waals surface area contributed by atoms with Gasteiger partial charge in [-0.1, -0.05) is 20.8 Å². The molecule has 1 heteroatoms. The number of rotatable bonds is 2. The molecule has 1 atom stereocenters. The van der Waals surface area contributed by atoms with Gasteiger partial charge in [-0.25, -0.2) is 0 Å². The summed E-state index contributed by atoms with van der Waals surface area (Å²) in [4.78, 5) is 2.64. The van der Waals surface area contributed by atoms with Gasteiger partial charge in [0.2, 0.25) is 0 Å². The van der Waals surface area contributed by atoms with Gasteiger partial charge in [-0.15, -0.1) is 0 Å². The number of hydrogen-bond acceptors (Lipinski definition) is 1. The SMILES string of the molecule is CC1CCN(C(C)(C)C(C)C)C1. The minimum atomic E-state index is 0.394. The summed E-state index contributed by atoms with van der Waals surface area (Å²) >= 11 is 0. The molecule has 0 bridgehead atoms. The molecular weight excluding hydrogens is 146 g/mol. The van der Waals surface area contributed by atoms with Gasteiger partial charge in [0.1, 0.15) is 0 Å². The smallest absolute Gasteiger partial charge is 0.0176 e. The predicted octanol–water partition coefficient (Wildman–Crippen LogP) is 2.76. The molecule has 0 aromatic heterocycles. The Morgan fingerprint density at radius 3 is 2.25 bits per heavy atom. The van der Waals surface area contributed by atoms with Crippen LogP contribution in [0.2, 0.25) is 0 Å². The van der Waals surface area contributed by atoms with E-state index in [0.29, 0.717) is 5.54 Å². The Morgan fingerprint density at radius 2 is 1.92 bits per heavy atom. The maximum absolute atomic E-state index is 2.64. The summed E-state index contributed by atoms with van der Waals surface area (Å²) in [6, 6.07) is 0. The second-order valence-electron chi connectivity index (χ2n) is 5.15. The Hall–Kier alpha value is -0.0400. The van der Waals surface area contributed by atoms with Crippen LogP contribution >= 0.6 is 0 Å². The molecule has 1 aliphatic heterocycles. The van der Waals surface area contributed by atoms with Crippen molar-refractivity contribution in [2.45, 2.75) is 46.6 Å². The molecule has 0 aliphatic carbocycles. The fourth-order valence-electron chi connectivity index (χ4n) is 1.82. The summed E-state index contributed by atoms with van der Waals surface area (Å²) < 4.78 is 0. The highest BCUT2D eigenvalue weighted by Crippen LogP contribution is 2.29. The average Bonchev–Trinajstić information content (AvgIpc) is 2.35. The van der Waals surface area contributed by atoms with Crippen molar-refractivity contribution in [2.75, 3.05) is 13.1 Å². The van der Waals surface area contributed by atoms with E-state index in [1.165, 1.54) is 19.5 Å². The maximum atomic E-state index is 2.64. The molecule has 1 nitrogen and oxygen atoms in total. The molecule has 1 unspecified atom stereocenters. The highest BCUT2D eigenvalue weighted by Gasteiger charge is 2.33. The third-order valence-electron chi connectivity index (χ3n) is 3.65. The number of hydrogen-bond donors (Lipinski definition) is 0. The molecule has 0 amide bonds. The Bertz CT molecular complexity index is 149. The van der Waals surface area contributed by atoms with Crippen molar-refractivity contribution < 1.29 is 0 Å². The first-order valence-corrected chi connectivity index (χ1v) is 5.19. The van der Waals surface area contributed by atoms with Gasteiger partial charge in [-0.05, 0) is 38.6 Å². The van der Waals surface area contributed by atoms with Crippen LogP contribution in [-0.2, 0) is 0 Å². The third kappa shape index (κ3) is 1.82. The zero-order valence-corrected chi connectivity index (χ0v) is 9.22. The first-order valence-electron chi connectivity index (χ1n) is 5.19. The normalized spacial score (nSPS) is 27.0. The second-order valence-corrected chi connectivity index (χ2v) is 5.15. The highest BCUT2D eigenvalue weighted by atomic mass is 15.2. The fourth-order valence-corrected chi connectivity index (χ4v) is 1.82. The van der Waals surface area contributed by atoms with Crippen molar-refractivity contribution >= 4 is 0 Å². The van der Waals surface area contributed by atoms with Crippen LogP contribution in [0.25, 0.3) is 0 Å². The van der Waals surface area contributed by atoms with Crippen LogP contribution in [0.1, 0.15) is 41.0 Å². The molecule has 1 aliphatic rings. The summed E-state index contributed by atoms with van der Waals surface area (Å²) in [7, 11) is 0. The van der Waals surface area contributed by atoms with Crippen LogP contribution in [0, 0.1) is 11.8 Å². The van der Waals surface area contributed by atoms with Crippen LogP contribution in [0.15, 0.2) is 0 Å². The molecule has 0 aromatic rings. The molecule has 0 N–H and O–H groups in total. The van der Waals surface area contributed by atoms with Gasteiger partial charge in [0.05, 0.1) is 0 Å². The maximum Gasteiger partial charge on any atom is 0.0176 e. The minimum absolute atomic E-state index is 0.394. The lowest BCUT2D eigenvalue weighted by molar-refractivity contribution is 0.100. The van der Waals surface area contributed by atoms with Gasteiger partial charge in [0.15, 0.2) is 0 Å². The highest BCUT2D eigenvalue weighted by molar-refractivity contribution is 4.88. The predicted molar refractivity (Wildman–Crippen MR) is 54.3 cm³/mol. The molecule has 1 heterocycles. The van der Waals surface area contributed by atoms with E-state index in [1.807, 2.05) is 0 Å². The van der Waals surface area contributed by atoms with Crippen LogP contribution < -0.4 is 0 Å². The quantitative estimate of drug-likeness (QED) is 0.614. The molecule has 0 aromatic carbocycles. The van der Waals surface area contributed by atoms with Gasteiger partial charge >= 0.3 is 0 Å². The first-order chi connectivity index (χ1) is 5.44. The Balaban J connectivity index is 2.57. The van der Waals surface area contributed by atoms with Crippen molar-refractivity contribution in [3.8, 4) is 0 Å². The molecule has 1 rings (SSSR count). The van der Waals surface area contributed by atoms with Crippen molar-refractivity contribution in [3.63, 3.8) is 0 Å². The van der Waals surface area contributed by atoms with E-state index in [9.17, 15) is 0 Å². The lowest BCUT2D eigenvalue weighted by Crippen LogP contribution is -2.46. The second kappa shape index (κ2) is 3.37. The topological polar surface area (TPSA) is 3.24 Å². The van der Waals surface area contributed by atoms with E-state index in [2.05, 4.69) is 39.5 Å². The molecule has 0 radical (unpaired) electrons. The van der Waals surface area contributed by atoms with Gasteiger partial charge in [-0.2, -0.15) is 0 Å². The molecule has 12 heavy (non-hydrogen) atoms. The fraction of sp³-hybridized carbons (Fsp3) is 1.00. The van der Waals surface area contributed by atoms with Crippen LogP contribution in [0.5, 0.6) is 0 Å². The van der Waals surface area contributed by atoms with Crippen LogP contribution in [0.3, 0.4) is 0 Å². The van der Waals surface area contributed by atoms with Crippen molar-refractivity contribution in [2.24, 2.45) is 11.8 Å². The standard InChI is InChI=1S/C11H23N/c1-9(2)11(4,5)12-7-6-10(3)8-12/h9-10H,6-8H2,1-5H3. The van der Waals surface area contributed by atoms with E-state index >= 15 is 0 Å². The van der Waals surface area contributed by atoms with Crippen molar-refractivity contribution in [3.05, 3.63) is 0 Å². The Labute approximate surface area is 77.1 Å². The van der Waals surface area contributed by atoms with Gasteiger partial charge in [0.25, 0.3) is 0 Å². The molecule has 0 saturated carbocycles. The number of likely N-dealkylation sites (tertiary alicyclic amines) is 1. The number of nitrogens with zero attached hydrogens (tertiary/aromatic N) is 1. The first kappa shape index (κ1) is 10.0. The Kier molecular flexibility index (Phi) is 2.82. The average molecular weight is 169 g/mol. The molecular formula is C11H23N. The lowest BCUT2D eigenvalue weighted by Gasteiger charge is -2.39. The van der Waals surface area contributed by atoms with Crippen LogP contribution in [-0.4, -0.2) is 23.5 Å². The molecule has 1 saturated heterocycles. The zero-order chi connectivity index (χ0) is 9.35. The minimum Gasteiger partial charge on any atom is -0.298 e. The van der Waals surface area contributed by atoms with Crippen molar-refractivity contribution in [1.82, 2.24) is 4.90 Å². The summed E-state index contributed by atoms with van der Waals surface area (Å²) in [5, 5.41) is 0. The van der Waals surface area contributed by atoms with Gasteiger partial charge < -0.3 is 0 Å². The van der Waals surface area contributed by atoms with E-state index in [4.69, 9.17) is 0 Å². The zero-order valence-electron chi connectivity index (χ0n) is 9.22. The van der Waals surface area contributed by atoms with Gasteiger partial charge in [-0.3, -0.25) is 4.90 Å². The summed E-state index contributed by atoms with van der Waals surface area (Å²) in [5.74, 6) is 1.66. The molecule has 1 fully saturated rings. The third-order valence-corrected chi connectivity index (χ3v) is 3.65. The van der Waals surface area contributed by atoms with E-state index in [0.717, 1.165) is 11.8 Å². The van der Waals surface area contributed by atoms with E-state index in [-0.39, 0.29) is 0 Å². The summed E-state index contributed by atoms with van der Waals surface area (Å²) in [6.45, 7) is 14.3. The lowest BCUT2D eigenvalue weighted by atomic mass is 9.89. The summed E-state index contributed by atoms with van der Waals surface area (Å²) in [5.41, 5.74) is 0.394. The van der Waals surface area contributed by atoms with E-state index in [1.54, 1.807) is 0 Å². The summed E-state index contributed by atoms with van der Waals surface area (Å²) in [6.07, 6.45) is 1.39. The monoisotopic (exact) mass is 169 g/mol. The molecule has 72 valence electrons. The van der Waals surface area contributed by atoms with Crippen molar-refractivity contribution in [1.29, 1.82) is 0 Å². The van der Waals surface area contributed by atoms with Gasteiger partial charge in [0, 0.05) is 12.1 Å². The van der Waals surface area contributed by atoms with Crippen LogP contribution in [0.4, 0.5) is 0 Å². The molecule has 0 spiro atoms. The Morgan fingerprint density at radius 1 is 1.33 bits per heavy atom.